The van der Waals surface area contributed by atoms with Crippen molar-refractivity contribution in [3.8, 4) is 5.69 Å². The standard InChI is InChI=1S/C24H25ClN6O2S/c25-17-6-4-8-20(14-17)31-23(30-11-1-2-12-30)28-29-24(31)34-15-21(32)26-19-7-3-5-16(13-19)22(33)27-18-9-10-18/h3-8,13-14,18H,1-2,9-12,15H2,(H,26,32)(H,27,33). The first-order chi connectivity index (χ1) is 16.6. The van der Waals surface area contributed by atoms with Gasteiger partial charge in [0.1, 0.15) is 0 Å². The van der Waals surface area contributed by atoms with Gasteiger partial charge in [0.2, 0.25) is 11.9 Å². The fourth-order valence-corrected chi connectivity index (χ4v) is 4.81. The Morgan fingerprint density at radius 1 is 1.06 bits per heavy atom. The highest BCUT2D eigenvalue weighted by Gasteiger charge is 2.24. The predicted octanol–water partition coefficient (Wildman–Crippen LogP) is 4.14. The lowest BCUT2D eigenvalue weighted by molar-refractivity contribution is -0.113. The zero-order valence-electron chi connectivity index (χ0n) is 18.5. The molecule has 2 fully saturated rings. The first-order valence-corrected chi connectivity index (χ1v) is 12.7. The van der Waals surface area contributed by atoms with Gasteiger partial charge in [-0.25, -0.2) is 0 Å². The highest BCUT2D eigenvalue weighted by atomic mass is 35.5. The number of nitrogens with zero attached hydrogens (tertiary/aromatic N) is 4. The molecule has 0 atom stereocenters. The molecule has 2 aromatic carbocycles. The Hall–Kier alpha value is -3.04. The van der Waals surface area contributed by atoms with Crippen LogP contribution in [0.4, 0.5) is 11.6 Å². The van der Waals surface area contributed by atoms with E-state index in [9.17, 15) is 9.59 Å². The van der Waals surface area contributed by atoms with Gasteiger partial charge in [0, 0.05) is 35.4 Å². The molecule has 2 aliphatic rings. The Kier molecular flexibility index (Phi) is 6.73. The molecule has 1 saturated heterocycles. The topological polar surface area (TPSA) is 92.2 Å². The number of hydrogen-bond donors (Lipinski definition) is 2. The van der Waals surface area contributed by atoms with E-state index in [1.165, 1.54) is 11.8 Å². The molecule has 0 bridgehead atoms. The molecule has 2 N–H and O–H groups in total. The van der Waals surface area contributed by atoms with Gasteiger partial charge in [-0.1, -0.05) is 35.5 Å². The minimum atomic E-state index is -0.187. The van der Waals surface area contributed by atoms with Gasteiger partial charge >= 0.3 is 0 Å². The van der Waals surface area contributed by atoms with Gasteiger partial charge in [-0.2, -0.15) is 0 Å². The highest BCUT2D eigenvalue weighted by molar-refractivity contribution is 7.99. The summed E-state index contributed by atoms with van der Waals surface area (Å²) in [6.07, 6.45) is 4.29. The molecule has 0 spiro atoms. The maximum absolute atomic E-state index is 12.7. The van der Waals surface area contributed by atoms with Gasteiger partial charge in [-0.05, 0) is 62.1 Å². The lowest BCUT2D eigenvalue weighted by Crippen LogP contribution is -2.25. The van der Waals surface area contributed by atoms with Crippen molar-refractivity contribution >= 4 is 46.8 Å². The van der Waals surface area contributed by atoms with E-state index in [1.807, 2.05) is 28.8 Å². The van der Waals surface area contributed by atoms with Gasteiger partial charge in [0.15, 0.2) is 5.16 Å². The average molecular weight is 497 g/mol. The summed E-state index contributed by atoms with van der Waals surface area (Å²) in [7, 11) is 0. The van der Waals surface area contributed by atoms with Crippen LogP contribution in [0.3, 0.4) is 0 Å². The van der Waals surface area contributed by atoms with E-state index < -0.39 is 0 Å². The maximum Gasteiger partial charge on any atom is 0.251 e. The van der Waals surface area contributed by atoms with Crippen molar-refractivity contribution in [3.63, 3.8) is 0 Å². The molecule has 1 aromatic heterocycles. The molecular weight excluding hydrogens is 472 g/mol. The molecule has 0 unspecified atom stereocenters. The molecule has 1 aliphatic heterocycles. The van der Waals surface area contributed by atoms with Gasteiger partial charge in [0.05, 0.1) is 11.4 Å². The molecule has 2 heterocycles. The van der Waals surface area contributed by atoms with Crippen LogP contribution in [0.1, 0.15) is 36.0 Å². The number of aromatic nitrogens is 3. The highest BCUT2D eigenvalue weighted by Crippen LogP contribution is 2.29. The predicted molar refractivity (Wildman–Crippen MR) is 134 cm³/mol. The van der Waals surface area contributed by atoms with Crippen LogP contribution in [0, 0.1) is 0 Å². The number of thioether (sulfide) groups is 1. The van der Waals surface area contributed by atoms with E-state index in [-0.39, 0.29) is 23.6 Å². The number of rotatable bonds is 8. The Bertz CT molecular complexity index is 1210. The Balaban J connectivity index is 1.28. The number of nitrogens with one attached hydrogen (secondary N) is 2. The number of anilines is 2. The van der Waals surface area contributed by atoms with Crippen molar-refractivity contribution in [2.75, 3.05) is 29.1 Å². The van der Waals surface area contributed by atoms with Crippen LogP contribution >= 0.6 is 23.4 Å². The van der Waals surface area contributed by atoms with Crippen LogP contribution in [0.5, 0.6) is 0 Å². The SMILES string of the molecule is O=C(CSc1nnc(N2CCCC2)n1-c1cccc(Cl)c1)Nc1cccc(C(=O)NC2CC2)c1. The minimum absolute atomic E-state index is 0.114. The normalized spacial score (nSPS) is 15.4. The molecule has 10 heteroatoms. The van der Waals surface area contributed by atoms with E-state index in [0.29, 0.717) is 21.4 Å². The number of carbonyl (C=O) groups is 2. The third kappa shape index (κ3) is 5.37. The molecule has 2 amide bonds. The fraction of sp³-hybridized carbons (Fsp3) is 0.333. The van der Waals surface area contributed by atoms with Crippen LogP contribution in [0.15, 0.2) is 53.7 Å². The molecule has 3 aromatic rings. The maximum atomic E-state index is 12.7. The summed E-state index contributed by atoms with van der Waals surface area (Å²) < 4.78 is 1.96. The first kappa shape index (κ1) is 22.7. The molecule has 1 aliphatic carbocycles. The number of amides is 2. The van der Waals surface area contributed by atoms with Gasteiger partial charge in [-0.15, -0.1) is 10.2 Å². The van der Waals surface area contributed by atoms with E-state index in [1.54, 1.807) is 24.3 Å². The van der Waals surface area contributed by atoms with E-state index >= 15 is 0 Å². The number of benzene rings is 2. The summed E-state index contributed by atoms with van der Waals surface area (Å²) in [6, 6.07) is 14.8. The van der Waals surface area contributed by atoms with Crippen molar-refractivity contribution in [3.05, 3.63) is 59.1 Å². The van der Waals surface area contributed by atoms with Crippen molar-refractivity contribution in [2.24, 2.45) is 0 Å². The second-order valence-corrected chi connectivity index (χ2v) is 9.84. The zero-order chi connectivity index (χ0) is 23.5. The van der Waals surface area contributed by atoms with E-state index in [4.69, 9.17) is 11.6 Å². The van der Waals surface area contributed by atoms with Crippen molar-refractivity contribution in [2.45, 2.75) is 36.9 Å². The second-order valence-electron chi connectivity index (χ2n) is 8.46. The summed E-state index contributed by atoms with van der Waals surface area (Å²) in [4.78, 5) is 27.2. The monoisotopic (exact) mass is 496 g/mol. The van der Waals surface area contributed by atoms with Gasteiger partial charge < -0.3 is 15.5 Å². The smallest absolute Gasteiger partial charge is 0.251 e. The Morgan fingerprint density at radius 3 is 2.62 bits per heavy atom. The van der Waals surface area contributed by atoms with Crippen LogP contribution in [0.25, 0.3) is 5.69 Å². The summed E-state index contributed by atoms with van der Waals surface area (Å²) >= 11 is 7.55. The Morgan fingerprint density at radius 2 is 1.85 bits per heavy atom. The van der Waals surface area contributed by atoms with Crippen LogP contribution < -0.4 is 15.5 Å². The van der Waals surface area contributed by atoms with Gasteiger partial charge in [-0.3, -0.25) is 14.2 Å². The zero-order valence-corrected chi connectivity index (χ0v) is 20.1. The third-order valence-electron chi connectivity index (χ3n) is 5.73. The summed E-state index contributed by atoms with van der Waals surface area (Å²) in [5.41, 5.74) is 1.98. The molecule has 176 valence electrons. The lowest BCUT2D eigenvalue weighted by atomic mass is 10.2. The molecular formula is C24H25ClN6O2S. The fourth-order valence-electron chi connectivity index (χ4n) is 3.88. The number of halogens is 1. The Labute approximate surface area is 207 Å². The quantitative estimate of drug-likeness (QED) is 0.455. The molecule has 1 saturated carbocycles. The largest absolute Gasteiger partial charge is 0.349 e. The summed E-state index contributed by atoms with van der Waals surface area (Å²) in [5.74, 6) is 0.610. The summed E-state index contributed by atoms with van der Waals surface area (Å²) in [5, 5.41) is 15.9. The molecule has 34 heavy (non-hydrogen) atoms. The average Bonchev–Trinajstić information content (AvgIpc) is 3.31. The van der Waals surface area contributed by atoms with Crippen LogP contribution in [-0.2, 0) is 4.79 Å². The molecule has 5 rings (SSSR count). The second kappa shape index (κ2) is 10.1. The van der Waals surface area contributed by atoms with Crippen molar-refractivity contribution < 1.29 is 9.59 Å². The first-order valence-electron chi connectivity index (χ1n) is 11.4. The van der Waals surface area contributed by atoms with Crippen LogP contribution in [-0.4, -0.2) is 51.5 Å². The molecule has 0 radical (unpaired) electrons. The summed E-state index contributed by atoms with van der Waals surface area (Å²) in [6.45, 7) is 1.85. The van der Waals surface area contributed by atoms with Gasteiger partial charge in [0.25, 0.3) is 5.91 Å². The van der Waals surface area contributed by atoms with E-state index in [0.717, 1.165) is 50.4 Å². The minimum Gasteiger partial charge on any atom is -0.349 e. The molecule has 8 nitrogen and oxygen atoms in total. The third-order valence-corrected chi connectivity index (χ3v) is 6.89. The number of carbonyl (C=O) groups excluding carboxylic acids is 2. The van der Waals surface area contributed by atoms with Crippen molar-refractivity contribution in [1.82, 2.24) is 20.1 Å². The number of hydrogen-bond acceptors (Lipinski definition) is 6. The van der Waals surface area contributed by atoms with E-state index in [2.05, 4.69) is 25.7 Å². The lowest BCUT2D eigenvalue weighted by Gasteiger charge is -2.18. The van der Waals surface area contributed by atoms with Crippen molar-refractivity contribution in [1.29, 1.82) is 0 Å². The van der Waals surface area contributed by atoms with Crippen LogP contribution in [0.2, 0.25) is 5.02 Å².